The van der Waals surface area contributed by atoms with E-state index in [-0.39, 0.29) is 24.5 Å². The van der Waals surface area contributed by atoms with Crippen LogP contribution in [0.25, 0.3) is 0 Å². The number of aliphatic hydroxyl groups is 1. The minimum atomic E-state index is -0.375. The van der Waals surface area contributed by atoms with Gasteiger partial charge in [0.05, 0.1) is 36.5 Å². The van der Waals surface area contributed by atoms with Crippen molar-refractivity contribution in [2.45, 2.75) is 6.04 Å². The maximum absolute atomic E-state index is 12.3. The Bertz CT molecular complexity index is 626. The maximum atomic E-state index is 12.3. The van der Waals surface area contributed by atoms with Crippen LogP contribution in [0.1, 0.15) is 11.6 Å². The molecule has 2 heterocycles. The maximum Gasteiger partial charge on any atom is 0.227 e. The highest BCUT2D eigenvalue weighted by Crippen LogP contribution is 2.25. The molecule has 1 unspecified atom stereocenters. The predicted molar refractivity (Wildman–Crippen MR) is 88.8 cm³/mol. The number of aliphatic imine (C=N–C) groups is 1. The van der Waals surface area contributed by atoms with E-state index < -0.39 is 0 Å². The molecule has 1 atom stereocenters. The molecule has 2 aliphatic rings. The zero-order chi connectivity index (χ0) is 16.2. The number of carbonyl (C=O) groups is 1. The Morgan fingerprint density at radius 3 is 2.83 bits per heavy atom. The van der Waals surface area contributed by atoms with E-state index in [9.17, 15) is 9.90 Å². The summed E-state index contributed by atoms with van der Waals surface area (Å²) in [7, 11) is 0. The van der Waals surface area contributed by atoms with Crippen LogP contribution in [-0.4, -0.2) is 48.5 Å². The van der Waals surface area contributed by atoms with Crippen molar-refractivity contribution in [2.24, 2.45) is 10.9 Å². The molecule has 1 aromatic carbocycles. The van der Waals surface area contributed by atoms with Crippen molar-refractivity contribution >= 4 is 23.8 Å². The minimum Gasteiger partial charge on any atom is -0.394 e. The Labute approximate surface area is 139 Å². The number of halogens is 1. The van der Waals surface area contributed by atoms with Crippen molar-refractivity contribution in [3.05, 3.63) is 46.7 Å². The van der Waals surface area contributed by atoms with Crippen molar-refractivity contribution in [2.75, 3.05) is 26.2 Å². The lowest BCUT2D eigenvalue weighted by molar-refractivity contribution is -0.130. The van der Waals surface area contributed by atoms with Gasteiger partial charge in [-0.25, -0.2) is 0 Å². The van der Waals surface area contributed by atoms with Crippen molar-refractivity contribution in [1.82, 2.24) is 15.5 Å². The number of aliphatic hydroxyl groups excluding tert-OH is 1. The lowest BCUT2D eigenvalue weighted by atomic mass is 9.97. The summed E-state index contributed by atoms with van der Waals surface area (Å²) in [5.41, 5.74) is 0.899. The molecule has 1 saturated heterocycles. The highest BCUT2D eigenvalue weighted by molar-refractivity contribution is 6.30. The molecule has 2 aliphatic heterocycles. The molecule has 1 fully saturated rings. The van der Waals surface area contributed by atoms with Crippen LogP contribution < -0.4 is 10.6 Å². The largest absolute Gasteiger partial charge is 0.394 e. The van der Waals surface area contributed by atoms with Crippen LogP contribution in [0.2, 0.25) is 0 Å². The van der Waals surface area contributed by atoms with Crippen LogP contribution in [0.4, 0.5) is 0 Å². The molecule has 1 amide bonds. The summed E-state index contributed by atoms with van der Waals surface area (Å²) in [6.07, 6.45) is 1.62. The zero-order valence-corrected chi connectivity index (χ0v) is 13.3. The third kappa shape index (κ3) is 3.48. The number of likely N-dealkylation sites (tertiary alicyclic amines) is 1. The molecule has 1 aromatic rings. The van der Waals surface area contributed by atoms with E-state index in [1.807, 2.05) is 35.2 Å². The fourth-order valence-electron chi connectivity index (χ4n) is 2.68. The van der Waals surface area contributed by atoms with Crippen LogP contribution in [0.15, 0.2) is 46.2 Å². The summed E-state index contributed by atoms with van der Waals surface area (Å²) < 4.78 is 0. The first-order chi connectivity index (χ1) is 11.2. The van der Waals surface area contributed by atoms with Gasteiger partial charge in [0, 0.05) is 13.1 Å². The SMILES string of the molecule is O=C(NC(CO)c1ccccc1)C1CN(C2=C(Cl)CN=CN2)C1. The Balaban J connectivity index is 1.54. The summed E-state index contributed by atoms with van der Waals surface area (Å²) in [6.45, 7) is 1.55. The van der Waals surface area contributed by atoms with Crippen LogP contribution in [0.3, 0.4) is 0 Å². The molecular weight excluding hydrogens is 316 g/mol. The van der Waals surface area contributed by atoms with Gasteiger partial charge in [-0.2, -0.15) is 0 Å². The van der Waals surface area contributed by atoms with Crippen LogP contribution in [0.5, 0.6) is 0 Å². The average Bonchev–Trinajstić information content (AvgIpc) is 2.54. The number of hydrogen-bond acceptors (Lipinski definition) is 5. The smallest absolute Gasteiger partial charge is 0.227 e. The molecular formula is C16H19ClN4O2. The second kappa shape index (κ2) is 7.02. The highest BCUT2D eigenvalue weighted by Gasteiger charge is 2.36. The first-order valence-corrected chi connectivity index (χ1v) is 7.91. The van der Waals surface area contributed by atoms with E-state index in [4.69, 9.17) is 11.6 Å². The molecule has 3 N–H and O–H groups in total. The molecule has 0 aliphatic carbocycles. The molecule has 0 aromatic heterocycles. The molecule has 23 heavy (non-hydrogen) atoms. The molecule has 0 spiro atoms. The van der Waals surface area contributed by atoms with Crippen LogP contribution in [0, 0.1) is 5.92 Å². The van der Waals surface area contributed by atoms with Gasteiger partial charge in [0.15, 0.2) is 0 Å². The minimum absolute atomic E-state index is 0.0506. The highest BCUT2D eigenvalue weighted by atomic mass is 35.5. The number of benzene rings is 1. The van der Waals surface area contributed by atoms with E-state index >= 15 is 0 Å². The summed E-state index contributed by atoms with van der Waals surface area (Å²) in [6, 6.07) is 9.09. The lowest BCUT2D eigenvalue weighted by Gasteiger charge is -2.42. The predicted octanol–water partition coefficient (Wildman–Crippen LogP) is 0.807. The van der Waals surface area contributed by atoms with E-state index in [1.165, 1.54) is 0 Å². The molecule has 0 radical (unpaired) electrons. The zero-order valence-electron chi connectivity index (χ0n) is 12.6. The Morgan fingerprint density at radius 1 is 1.43 bits per heavy atom. The number of amides is 1. The topological polar surface area (TPSA) is 77.0 Å². The van der Waals surface area contributed by atoms with Gasteiger partial charge in [-0.3, -0.25) is 9.79 Å². The van der Waals surface area contributed by atoms with E-state index in [1.54, 1.807) is 6.34 Å². The fraction of sp³-hybridized carbons (Fsp3) is 0.375. The molecule has 122 valence electrons. The number of rotatable bonds is 5. The van der Waals surface area contributed by atoms with Gasteiger partial charge in [0.25, 0.3) is 0 Å². The van der Waals surface area contributed by atoms with E-state index in [0.29, 0.717) is 24.7 Å². The second-order valence-corrected chi connectivity index (χ2v) is 6.08. The quantitative estimate of drug-likeness (QED) is 0.744. The number of hydrogen-bond donors (Lipinski definition) is 3. The third-order valence-corrected chi connectivity index (χ3v) is 4.35. The van der Waals surface area contributed by atoms with Gasteiger partial charge in [-0.1, -0.05) is 41.9 Å². The van der Waals surface area contributed by atoms with Gasteiger partial charge in [-0.15, -0.1) is 0 Å². The van der Waals surface area contributed by atoms with E-state index in [2.05, 4.69) is 15.6 Å². The first-order valence-electron chi connectivity index (χ1n) is 7.53. The van der Waals surface area contributed by atoms with Crippen molar-refractivity contribution < 1.29 is 9.90 Å². The second-order valence-electron chi connectivity index (χ2n) is 5.62. The lowest BCUT2D eigenvalue weighted by Crippen LogP contribution is -2.55. The third-order valence-electron chi connectivity index (χ3n) is 4.05. The standard InChI is InChI=1S/C16H19ClN4O2/c17-13-6-18-10-19-15(13)21-7-12(8-21)16(23)20-14(9-22)11-4-2-1-3-5-11/h1-5,10,12,14,22H,6-9H2,(H,18,19)(H,20,23). The monoisotopic (exact) mass is 334 g/mol. The molecule has 0 saturated carbocycles. The van der Waals surface area contributed by atoms with Crippen molar-refractivity contribution in [1.29, 1.82) is 0 Å². The van der Waals surface area contributed by atoms with Gasteiger partial charge in [0.1, 0.15) is 5.82 Å². The molecule has 0 bridgehead atoms. The normalized spacial score (nSPS) is 19.1. The molecule has 6 nitrogen and oxygen atoms in total. The van der Waals surface area contributed by atoms with Crippen molar-refractivity contribution in [3.8, 4) is 0 Å². The van der Waals surface area contributed by atoms with E-state index in [0.717, 1.165) is 11.4 Å². The number of nitrogens with one attached hydrogen (secondary N) is 2. The Hall–Kier alpha value is -2.05. The number of nitrogens with zero attached hydrogens (tertiary/aromatic N) is 2. The fourth-order valence-corrected chi connectivity index (χ4v) is 2.93. The Morgan fingerprint density at radius 2 is 2.17 bits per heavy atom. The van der Waals surface area contributed by atoms with Crippen molar-refractivity contribution in [3.63, 3.8) is 0 Å². The van der Waals surface area contributed by atoms with Gasteiger partial charge in [-0.05, 0) is 5.56 Å². The van der Waals surface area contributed by atoms with Gasteiger partial charge < -0.3 is 20.6 Å². The summed E-state index contributed by atoms with van der Waals surface area (Å²) in [5.74, 6) is 0.670. The van der Waals surface area contributed by atoms with Gasteiger partial charge in [0.2, 0.25) is 5.91 Å². The Kier molecular flexibility index (Phi) is 4.83. The first kappa shape index (κ1) is 15.8. The van der Waals surface area contributed by atoms with Crippen LogP contribution in [-0.2, 0) is 4.79 Å². The summed E-state index contributed by atoms with van der Waals surface area (Å²) >= 11 is 6.13. The average molecular weight is 335 g/mol. The van der Waals surface area contributed by atoms with Gasteiger partial charge >= 0.3 is 0 Å². The number of carbonyl (C=O) groups excluding carboxylic acids is 1. The summed E-state index contributed by atoms with van der Waals surface area (Å²) in [4.78, 5) is 18.4. The van der Waals surface area contributed by atoms with Crippen LogP contribution >= 0.6 is 11.6 Å². The molecule has 7 heteroatoms. The molecule has 3 rings (SSSR count). The summed E-state index contributed by atoms with van der Waals surface area (Å²) in [5, 5.41) is 16.1.